The maximum absolute atomic E-state index is 6.16. The summed E-state index contributed by atoms with van der Waals surface area (Å²) in [6.45, 7) is 7.30. The van der Waals surface area contributed by atoms with Crippen LogP contribution in [-0.4, -0.2) is 57.4 Å². The molecule has 5 nitrogen and oxygen atoms in total. The molecular weight excluding hydrogens is 418 g/mol. The van der Waals surface area contributed by atoms with Crippen LogP contribution in [0.1, 0.15) is 17.8 Å². The van der Waals surface area contributed by atoms with Crippen LogP contribution in [0.15, 0.2) is 60.9 Å². The predicted octanol–water partition coefficient (Wildman–Crippen LogP) is 5.16. The summed E-state index contributed by atoms with van der Waals surface area (Å²) in [6.07, 6.45) is 5.28. The fourth-order valence-electron chi connectivity index (χ4n) is 4.45. The lowest BCUT2D eigenvalue weighted by Crippen LogP contribution is -2.29. The van der Waals surface area contributed by atoms with Gasteiger partial charge >= 0.3 is 0 Å². The van der Waals surface area contributed by atoms with Gasteiger partial charge in [-0.15, -0.1) is 0 Å². The van der Waals surface area contributed by atoms with Gasteiger partial charge in [0.1, 0.15) is 5.65 Å². The Morgan fingerprint density at radius 1 is 0.906 bits per heavy atom. The normalized spacial score (nSPS) is 15.8. The molecule has 0 spiro atoms. The van der Waals surface area contributed by atoms with Crippen LogP contribution in [0, 0.1) is 6.92 Å². The Hall–Kier alpha value is -2.73. The first-order valence-electron chi connectivity index (χ1n) is 11.2. The van der Waals surface area contributed by atoms with E-state index in [1.165, 1.54) is 23.2 Å². The molecule has 0 aliphatic carbocycles. The summed E-state index contributed by atoms with van der Waals surface area (Å²) in [6, 6.07) is 16.5. The lowest BCUT2D eigenvalue weighted by molar-refractivity contribution is 0.266. The van der Waals surface area contributed by atoms with Gasteiger partial charge in [-0.2, -0.15) is 0 Å². The van der Waals surface area contributed by atoms with Crippen molar-refractivity contribution < 1.29 is 0 Å². The van der Waals surface area contributed by atoms with Crippen LogP contribution in [-0.2, 0) is 6.54 Å². The van der Waals surface area contributed by atoms with E-state index in [-0.39, 0.29) is 0 Å². The Bertz CT molecular complexity index is 1230. The van der Waals surface area contributed by atoms with E-state index >= 15 is 0 Å². The summed E-state index contributed by atoms with van der Waals surface area (Å²) < 4.78 is 2.27. The van der Waals surface area contributed by atoms with Crippen molar-refractivity contribution in [2.45, 2.75) is 19.9 Å². The van der Waals surface area contributed by atoms with E-state index < -0.39 is 0 Å². The van der Waals surface area contributed by atoms with Gasteiger partial charge in [-0.05, 0) is 81.0 Å². The highest BCUT2D eigenvalue weighted by Gasteiger charge is 2.19. The molecule has 0 atom stereocenters. The number of halogens is 1. The number of rotatable bonds is 4. The summed E-state index contributed by atoms with van der Waals surface area (Å²) in [5, 5.41) is 0.741. The average molecular weight is 446 g/mol. The minimum Gasteiger partial charge on any atom is -0.305 e. The highest BCUT2D eigenvalue weighted by Crippen LogP contribution is 2.29. The van der Waals surface area contributed by atoms with E-state index in [9.17, 15) is 0 Å². The molecule has 1 aromatic carbocycles. The Morgan fingerprint density at radius 3 is 2.53 bits per heavy atom. The van der Waals surface area contributed by atoms with Crippen molar-refractivity contribution in [1.29, 1.82) is 0 Å². The average Bonchev–Trinajstić information content (AvgIpc) is 3.01. The molecule has 3 aromatic heterocycles. The predicted molar refractivity (Wildman–Crippen MR) is 131 cm³/mol. The van der Waals surface area contributed by atoms with Crippen LogP contribution in [0.5, 0.6) is 0 Å². The number of benzene rings is 1. The van der Waals surface area contributed by atoms with E-state index in [0.29, 0.717) is 0 Å². The summed E-state index contributed by atoms with van der Waals surface area (Å²) in [5.41, 5.74) is 7.67. The van der Waals surface area contributed by atoms with Gasteiger partial charge < -0.3 is 9.30 Å². The van der Waals surface area contributed by atoms with Gasteiger partial charge in [-0.25, -0.2) is 4.98 Å². The van der Waals surface area contributed by atoms with Crippen LogP contribution in [0.2, 0.25) is 5.02 Å². The second-order valence-electron chi connectivity index (χ2n) is 8.68. The molecular formula is C26H28ClN5. The van der Waals surface area contributed by atoms with Crippen molar-refractivity contribution in [3.05, 3.63) is 77.3 Å². The molecule has 0 N–H and O–H groups in total. The summed E-state index contributed by atoms with van der Waals surface area (Å²) in [7, 11) is 2.21. The zero-order valence-corrected chi connectivity index (χ0v) is 19.4. The smallest absolute Gasteiger partial charge is 0.137 e. The highest BCUT2D eigenvalue weighted by atomic mass is 35.5. The number of hydrogen-bond acceptors (Lipinski definition) is 4. The second-order valence-corrected chi connectivity index (χ2v) is 9.12. The topological polar surface area (TPSA) is 36.7 Å². The quantitative estimate of drug-likeness (QED) is 0.434. The van der Waals surface area contributed by atoms with Crippen LogP contribution in [0.3, 0.4) is 0 Å². The molecule has 1 aliphatic rings. The van der Waals surface area contributed by atoms with Gasteiger partial charge in [0.25, 0.3) is 0 Å². The first-order chi connectivity index (χ1) is 15.6. The SMILES string of the molecule is Cc1cc(-c2ccc3nc(-c4ccc(Cl)cc4)c(CN4CCCN(C)CC4)n3c2)ccn1. The fraction of sp³-hybridized carbons (Fsp3) is 0.308. The van der Waals surface area contributed by atoms with Crippen molar-refractivity contribution in [2.24, 2.45) is 0 Å². The molecule has 0 unspecified atom stereocenters. The van der Waals surface area contributed by atoms with Gasteiger partial charge in [0, 0.05) is 48.3 Å². The van der Waals surface area contributed by atoms with Crippen LogP contribution in [0.4, 0.5) is 0 Å². The number of pyridine rings is 2. The number of likely N-dealkylation sites (N-methyl/N-ethyl adjacent to an activating group) is 1. The lowest BCUT2D eigenvalue weighted by atomic mass is 10.1. The third kappa shape index (κ3) is 4.42. The summed E-state index contributed by atoms with van der Waals surface area (Å²) in [5.74, 6) is 0. The van der Waals surface area contributed by atoms with Crippen molar-refractivity contribution >= 4 is 17.2 Å². The molecule has 6 heteroatoms. The first kappa shape index (κ1) is 21.1. The molecule has 5 rings (SSSR count). The van der Waals surface area contributed by atoms with Crippen molar-refractivity contribution in [3.8, 4) is 22.4 Å². The van der Waals surface area contributed by atoms with Crippen LogP contribution in [0.25, 0.3) is 28.0 Å². The van der Waals surface area contributed by atoms with Crippen molar-refractivity contribution in [3.63, 3.8) is 0 Å². The molecule has 32 heavy (non-hydrogen) atoms. The zero-order chi connectivity index (χ0) is 22.1. The third-order valence-corrected chi connectivity index (χ3v) is 6.50. The molecule has 0 radical (unpaired) electrons. The highest BCUT2D eigenvalue weighted by molar-refractivity contribution is 6.30. The Labute approximate surface area is 194 Å². The van der Waals surface area contributed by atoms with E-state index in [1.54, 1.807) is 0 Å². The third-order valence-electron chi connectivity index (χ3n) is 6.25. The van der Waals surface area contributed by atoms with E-state index in [4.69, 9.17) is 16.6 Å². The van der Waals surface area contributed by atoms with Gasteiger partial charge in [0.15, 0.2) is 0 Å². The maximum atomic E-state index is 6.16. The lowest BCUT2D eigenvalue weighted by Gasteiger charge is -2.21. The fourth-order valence-corrected chi connectivity index (χ4v) is 4.58. The first-order valence-corrected chi connectivity index (χ1v) is 11.6. The van der Waals surface area contributed by atoms with Crippen LogP contribution >= 0.6 is 11.6 Å². The van der Waals surface area contributed by atoms with Gasteiger partial charge in [0.05, 0.1) is 11.4 Å². The minimum atomic E-state index is 0.741. The molecule has 1 fully saturated rings. The molecule has 164 valence electrons. The Balaban J connectivity index is 1.61. The largest absolute Gasteiger partial charge is 0.305 e. The molecule has 1 aliphatic heterocycles. The van der Waals surface area contributed by atoms with E-state index in [1.807, 2.05) is 25.3 Å². The molecule has 0 bridgehead atoms. The molecule has 4 aromatic rings. The molecule has 0 amide bonds. The minimum absolute atomic E-state index is 0.741. The summed E-state index contributed by atoms with van der Waals surface area (Å²) >= 11 is 6.16. The number of imidazole rings is 1. The van der Waals surface area contributed by atoms with E-state index in [2.05, 4.69) is 68.8 Å². The van der Waals surface area contributed by atoms with Gasteiger partial charge in [-0.3, -0.25) is 9.88 Å². The number of hydrogen-bond donors (Lipinski definition) is 0. The van der Waals surface area contributed by atoms with Crippen molar-refractivity contribution in [2.75, 3.05) is 33.2 Å². The zero-order valence-electron chi connectivity index (χ0n) is 18.6. The number of aryl methyl sites for hydroxylation is 1. The molecule has 4 heterocycles. The number of aromatic nitrogens is 3. The Kier molecular flexibility index (Phi) is 5.96. The van der Waals surface area contributed by atoms with Crippen LogP contribution < -0.4 is 0 Å². The number of nitrogens with zero attached hydrogens (tertiary/aromatic N) is 5. The van der Waals surface area contributed by atoms with Gasteiger partial charge in [-0.1, -0.05) is 23.7 Å². The Morgan fingerprint density at radius 2 is 1.72 bits per heavy atom. The van der Waals surface area contributed by atoms with E-state index in [0.717, 1.165) is 60.3 Å². The molecule has 1 saturated heterocycles. The monoisotopic (exact) mass is 445 g/mol. The standard InChI is InChI=1S/C26H28ClN5/c1-19-16-21(10-11-28-19)22-6-9-25-29-26(20-4-7-23(27)8-5-20)24(32(25)17-22)18-31-13-3-12-30(2)14-15-31/h4-11,16-17H,3,12-15,18H2,1-2H3. The summed E-state index contributed by atoms with van der Waals surface area (Å²) in [4.78, 5) is 14.4. The maximum Gasteiger partial charge on any atom is 0.137 e. The number of fused-ring (bicyclic) bond motifs is 1. The van der Waals surface area contributed by atoms with Crippen molar-refractivity contribution in [1.82, 2.24) is 24.2 Å². The second kappa shape index (κ2) is 9.02. The molecule has 0 saturated carbocycles. The van der Waals surface area contributed by atoms with Gasteiger partial charge in [0.2, 0.25) is 0 Å².